The molecule has 0 unspecified atom stereocenters. The van der Waals surface area contributed by atoms with Crippen LogP contribution >= 0.6 is 0 Å². The van der Waals surface area contributed by atoms with Crippen LogP contribution < -0.4 is 4.74 Å². The van der Waals surface area contributed by atoms with Crippen molar-refractivity contribution >= 4 is 35.6 Å². The minimum Gasteiger partial charge on any atom is -0.426 e. The minimum absolute atomic E-state index is 0.0180. The molecule has 1 aromatic carbocycles. The molecule has 2 atom stereocenters. The maximum Gasteiger partial charge on any atom is 0.316 e. The maximum atomic E-state index is 13.1. The van der Waals surface area contributed by atoms with Crippen molar-refractivity contribution in [1.82, 2.24) is 0 Å². The lowest BCUT2D eigenvalue weighted by atomic mass is 9.62. The fourth-order valence-electron chi connectivity index (χ4n) is 6.40. The van der Waals surface area contributed by atoms with Crippen molar-refractivity contribution in [3.05, 3.63) is 30.3 Å². The van der Waals surface area contributed by atoms with Gasteiger partial charge in [0.2, 0.25) is 0 Å². The molecule has 164 valence electrons. The van der Waals surface area contributed by atoms with E-state index < -0.39 is 29.6 Å². The van der Waals surface area contributed by atoms with E-state index >= 15 is 0 Å². The van der Waals surface area contributed by atoms with Crippen LogP contribution in [0.3, 0.4) is 0 Å². The Hall–Kier alpha value is -0.482. The molecule has 0 aliphatic heterocycles. The Morgan fingerprint density at radius 3 is 1.69 bits per heavy atom. The van der Waals surface area contributed by atoms with Gasteiger partial charge in [-0.05, 0) is 24.0 Å². The average molecular weight is 467 g/mol. The summed E-state index contributed by atoms with van der Waals surface area (Å²) in [5.74, 6) is 0.358. The van der Waals surface area contributed by atoms with Gasteiger partial charge < -0.3 is 9.16 Å². The van der Waals surface area contributed by atoms with Gasteiger partial charge in [-0.3, -0.25) is 4.79 Å². The number of hydrogen-bond acceptors (Lipinski definition) is 3. The molecule has 1 fully saturated rings. The summed E-state index contributed by atoms with van der Waals surface area (Å²) in [7, 11) is -4.70. The van der Waals surface area contributed by atoms with Gasteiger partial charge in [-0.15, -0.1) is 0 Å². The van der Waals surface area contributed by atoms with Crippen LogP contribution in [0.1, 0.15) is 20.3 Å². The van der Waals surface area contributed by atoms with E-state index in [0.717, 1.165) is 6.42 Å². The van der Waals surface area contributed by atoms with Gasteiger partial charge in [0, 0.05) is 0 Å². The highest BCUT2D eigenvalue weighted by Crippen LogP contribution is 2.51. The lowest BCUT2D eigenvalue weighted by molar-refractivity contribution is -0.161. The number of esters is 1. The molecule has 0 spiro atoms. The Labute approximate surface area is 182 Å². The summed E-state index contributed by atoms with van der Waals surface area (Å²) >= 11 is 0. The third-order valence-electron chi connectivity index (χ3n) is 6.62. The lowest BCUT2D eigenvalue weighted by Gasteiger charge is -2.62. The van der Waals surface area contributed by atoms with E-state index in [4.69, 9.17) is 9.16 Å². The summed E-state index contributed by atoms with van der Waals surface area (Å²) in [4.78, 5) is 13.1. The zero-order valence-electron chi connectivity index (χ0n) is 20.5. The number of rotatable bonds is 7. The second-order valence-corrected chi connectivity index (χ2v) is 51.9. The SMILES string of the molecule is CC1(C)C[C@H](C(=O)Oc2ccccc2)[C@H]1O[Si]([Si](C)(C)C)([Si](C)(C)C)[Si](C)(C)C. The van der Waals surface area contributed by atoms with Crippen LogP contribution in [0.25, 0.3) is 0 Å². The predicted octanol–water partition coefficient (Wildman–Crippen LogP) is 6.22. The number of para-hydroxylation sites is 1. The molecule has 0 bridgehead atoms. The molecular weight excluding hydrogens is 425 g/mol. The number of ether oxygens (including phenoxy) is 1. The molecule has 0 heterocycles. The van der Waals surface area contributed by atoms with Crippen LogP contribution in [-0.2, 0) is 9.22 Å². The second kappa shape index (κ2) is 7.89. The van der Waals surface area contributed by atoms with E-state index in [1.54, 1.807) is 0 Å². The molecule has 1 saturated carbocycles. The van der Waals surface area contributed by atoms with Crippen molar-refractivity contribution in [3.63, 3.8) is 0 Å². The number of carbonyl (C=O) groups excluding carboxylic acids is 1. The largest absolute Gasteiger partial charge is 0.426 e. The van der Waals surface area contributed by atoms with Gasteiger partial charge in [0.05, 0.1) is 34.8 Å². The van der Waals surface area contributed by atoms with Crippen molar-refractivity contribution in [2.24, 2.45) is 11.3 Å². The molecule has 0 aromatic heterocycles. The van der Waals surface area contributed by atoms with Crippen LogP contribution in [0.15, 0.2) is 30.3 Å². The van der Waals surface area contributed by atoms with Crippen molar-refractivity contribution in [3.8, 4) is 5.75 Å². The van der Waals surface area contributed by atoms with Gasteiger partial charge in [-0.1, -0.05) is 91.0 Å². The Kier molecular flexibility index (Phi) is 6.74. The smallest absolute Gasteiger partial charge is 0.316 e. The first-order valence-electron chi connectivity index (χ1n) is 10.9. The van der Waals surface area contributed by atoms with Crippen LogP contribution in [0.5, 0.6) is 5.75 Å². The normalized spacial score (nSPS) is 22.7. The van der Waals surface area contributed by atoms with E-state index in [-0.39, 0.29) is 23.4 Å². The molecule has 0 amide bonds. The predicted molar refractivity (Wildman–Crippen MR) is 135 cm³/mol. The van der Waals surface area contributed by atoms with E-state index in [0.29, 0.717) is 5.75 Å². The summed E-state index contributed by atoms with van der Waals surface area (Å²) in [6.07, 6.45) is 0.826. The molecule has 1 aromatic rings. The molecule has 0 radical (unpaired) electrons. The molecule has 3 nitrogen and oxygen atoms in total. The van der Waals surface area contributed by atoms with Gasteiger partial charge in [0.15, 0.2) is 6.87 Å². The molecule has 1 aliphatic carbocycles. The zero-order valence-corrected chi connectivity index (χ0v) is 24.5. The van der Waals surface area contributed by atoms with Crippen molar-refractivity contribution in [2.45, 2.75) is 85.3 Å². The Morgan fingerprint density at radius 2 is 1.31 bits per heavy atom. The fraction of sp³-hybridized carbons (Fsp3) is 0.682. The van der Waals surface area contributed by atoms with Crippen LogP contribution in [0.2, 0.25) is 58.9 Å². The standard InChI is InChI=1S/C22H42O3Si4/c1-22(2)17-19(21(23)24-18-15-13-12-14-16-18)20(22)25-29(26(3,4)5,27(6,7)8)28(9,10)11/h12-16,19-20H,17H2,1-11H3/t19-,20+/m0/s1. The summed E-state index contributed by atoms with van der Waals surface area (Å²) in [5.41, 5.74) is 0.0254. The zero-order chi connectivity index (χ0) is 22.5. The van der Waals surface area contributed by atoms with Crippen LogP contribution in [0, 0.1) is 11.3 Å². The highest BCUT2D eigenvalue weighted by atomic mass is 29.9. The van der Waals surface area contributed by atoms with Gasteiger partial charge in [-0.25, -0.2) is 0 Å². The van der Waals surface area contributed by atoms with Crippen molar-refractivity contribution in [1.29, 1.82) is 0 Å². The monoisotopic (exact) mass is 466 g/mol. The van der Waals surface area contributed by atoms with Crippen LogP contribution in [0.4, 0.5) is 0 Å². The van der Waals surface area contributed by atoms with Crippen molar-refractivity contribution in [2.75, 3.05) is 0 Å². The average Bonchev–Trinajstić information content (AvgIpc) is 2.50. The maximum absolute atomic E-state index is 13.1. The number of benzene rings is 1. The van der Waals surface area contributed by atoms with Crippen molar-refractivity contribution < 1.29 is 14.0 Å². The van der Waals surface area contributed by atoms with E-state index in [1.165, 1.54) is 0 Å². The summed E-state index contributed by atoms with van der Waals surface area (Å²) < 4.78 is 13.2. The molecule has 0 N–H and O–H groups in total. The van der Waals surface area contributed by atoms with Gasteiger partial charge in [-0.2, -0.15) is 0 Å². The van der Waals surface area contributed by atoms with E-state index in [1.807, 2.05) is 30.3 Å². The Balaban J connectivity index is 2.41. The van der Waals surface area contributed by atoms with Crippen LogP contribution in [-0.4, -0.2) is 41.7 Å². The molecule has 7 heteroatoms. The van der Waals surface area contributed by atoms with Gasteiger partial charge in [0.25, 0.3) is 0 Å². The van der Waals surface area contributed by atoms with Gasteiger partial charge in [0.1, 0.15) is 5.75 Å². The summed E-state index contributed by atoms with van der Waals surface area (Å²) in [6.45, 7) is 25.3. The molecule has 2 rings (SSSR count). The first-order valence-corrected chi connectivity index (χ1v) is 26.3. The quantitative estimate of drug-likeness (QED) is 0.272. The van der Waals surface area contributed by atoms with E-state index in [9.17, 15) is 4.79 Å². The first kappa shape index (κ1) is 24.8. The minimum atomic E-state index is -1.99. The Morgan fingerprint density at radius 1 is 0.862 bits per heavy atom. The highest BCUT2D eigenvalue weighted by molar-refractivity contribution is 7.87. The topological polar surface area (TPSA) is 35.5 Å². The fourth-order valence-corrected chi connectivity index (χ4v) is 100. The Bertz CT molecular complexity index is 691. The highest BCUT2D eigenvalue weighted by Gasteiger charge is 2.67. The number of carbonyl (C=O) groups is 1. The molecular formula is C22H42O3Si4. The number of hydrogen-bond donors (Lipinski definition) is 0. The third kappa shape index (κ3) is 4.58. The van der Waals surface area contributed by atoms with E-state index in [2.05, 4.69) is 72.8 Å². The first-order chi connectivity index (χ1) is 12.9. The molecule has 29 heavy (non-hydrogen) atoms. The lowest BCUT2D eigenvalue weighted by Crippen LogP contribution is -2.86. The summed E-state index contributed by atoms with van der Waals surface area (Å²) in [5, 5.41) is 0. The molecule has 0 saturated heterocycles. The second-order valence-electron chi connectivity index (χ2n) is 12.5. The molecule has 1 aliphatic rings. The summed E-state index contributed by atoms with van der Waals surface area (Å²) in [6, 6.07) is 9.44. The third-order valence-corrected chi connectivity index (χ3v) is 74.1. The van der Waals surface area contributed by atoms with Gasteiger partial charge >= 0.3 is 5.97 Å².